The van der Waals surface area contributed by atoms with Crippen LogP contribution in [0.3, 0.4) is 0 Å². The Kier molecular flexibility index (Phi) is 9.73. The maximum absolute atomic E-state index is 12.9. The molecular formula is C16H26N4O7S. The topological polar surface area (TPSA) is 179 Å². The van der Waals surface area contributed by atoms with Gasteiger partial charge in [-0.2, -0.15) is 11.8 Å². The average molecular weight is 418 g/mol. The van der Waals surface area contributed by atoms with Crippen molar-refractivity contribution < 1.29 is 34.2 Å². The van der Waals surface area contributed by atoms with E-state index in [1.54, 1.807) is 0 Å². The van der Waals surface area contributed by atoms with Gasteiger partial charge >= 0.3 is 11.9 Å². The van der Waals surface area contributed by atoms with Crippen molar-refractivity contribution in [1.29, 1.82) is 0 Å². The molecule has 1 aliphatic rings. The molecule has 0 aromatic rings. The maximum Gasteiger partial charge on any atom is 0.326 e. The molecule has 0 aromatic carbocycles. The number of likely N-dealkylation sites (tertiary alicyclic amines) is 1. The molecule has 0 aliphatic carbocycles. The Morgan fingerprint density at radius 3 is 2.39 bits per heavy atom. The molecule has 0 saturated carbocycles. The lowest BCUT2D eigenvalue weighted by molar-refractivity contribution is -0.148. The van der Waals surface area contributed by atoms with Crippen LogP contribution in [0, 0.1) is 0 Å². The van der Waals surface area contributed by atoms with E-state index in [0.29, 0.717) is 25.0 Å². The van der Waals surface area contributed by atoms with Gasteiger partial charge in [-0.15, -0.1) is 0 Å². The number of hydrogen-bond acceptors (Lipinski definition) is 7. The largest absolute Gasteiger partial charge is 0.481 e. The second-order valence-electron chi connectivity index (χ2n) is 6.29. The van der Waals surface area contributed by atoms with Gasteiger partial charge in [-0.1, -0.05) is 0 Å². The first-order chi connectivity index (χ1) is 13.2. The smallest absolute Gasteiger partial charge is 0.326 e. The lowest BCUT2D eigenvalue weighted by Crippen LogP contribution is -2.56. The van der Waals surface area contributed by atoms with Crippen molar-refractivity contribution in [3.05, 3.63) is 0 Å². The van der Waals surface area contributed by atoms with E-state index in [4.69, 9.17) is 15.9 Å². The molecule has 3 amide bonds. The van der Waals surface area contributed by atoms with Crippen LogP contribution in [0.1, 0.15) is 25.7 Å². The van der Waals surface area contributed by atoms with E-state index in [1.165, 1.54) is 16.7 Å². The first-order valence-electron chi connectivity index (χ1n) is 8.75. The van der Waals surface area contributed by atoms with Crippen LogP contribution in [-0.4, -0.2) is 88.0 Å². The lowest BCUT2D eigenvalue weighted by atomic mass is 10.1. The first-order valence-corrected chi connectivity index (χ1v) is 10.1. The van der Waals surface area contributed by atoms with Crippen LogP contribution in [-0.2, 0) is 24.0 Å². The lowest BCUT2D eigenvalue weighted by Gasteiger charge is -2.29. The third kappa shape index (κ3) is 7.00. The quantitative estimate of drug-likeness (QED) is 0.259. The van der Waals surface area contributed by atoms with Crippen LogP contribution in [0.2, 0.25) is 0 Å². The number of carbonyl (C=O) groups is 5. The summed E-state index contributed by atoms with van der Waals surface area (Å²) in [6, 6.07) is -3.35. The van der Waals surface area contributed by atoms with E-state index in [9.17, 15) is 24.0 Å². The molecule has 12 heteroatoms. The number of carboxylic acid groups (broad SMARTS) is 2. The van der Waals surface area contributed by atoms with Gasteiger partial charge in [0, 0.05) is 6.54 Å². The summed E-state index contributed by atoms with van der Waals surface area (Å²) < 4.78 is 0. The summed E-state index contributed by atoms with van der Waals surface area (Å²) in [5.41, 5.74) is 5.29. The SMILES string of the molecule is CSCCC(NC(=O)CN)C(=O)N1CCCC1C(=O)NC(CC(=O)O)C(=O)O. The maximum atomic E-state index is 12.9. The normalized spacial score (nSPS) is 18.2. The van der Waals surface area contributed by atoms with Crippen LogP contribution >= 0.6 is 11.8 Å². The van der Waals surface area contributed by atoms with Crippen molar-refractivity contribution in [3.8, 4) is 0 Å². The van der Waals surface area contributed by atoms with E-state index in [-0.39, 0.29) is 13.1 Å². The van der Waals surface area contributed by atoms with Crippen molar-refractivity contribution in [2.45, 2.75) is 43.8 Å². The molecule has 1 aliphatic heterocycles. The fraction of sp³-hybridized carbons (Fsp3) is 0.688. The molecule has 28 heavy (non-hydrogen) atoms. The van der Waals surface area contributed by atoms with Gasteiger partial charge in [-0.3, -0.25) is 19.2 Å². The van der Waals surface area contributed by atoms with E-state index >= 15 is 0 Å². The van der Waals surface area contributed by atoms with Gasteiger partial charge in [-0.25, -0.2) is 4.79 Å². The zero-order valence-corrected chi connectivity index (χ0v) is 16.4. The number of nitrogens with one attached hydrogen (secondary N) is 2. The Morgan fingerprint density at radius 2 is 1.86 bits per heavy atom. The minimum absolute atomic E-state index is 0.275. The summed E-state index contributed by atoms with van der Waals surface area (Å²) in [6.45, 7) is 0.00426. The van der Waals surface area contributed by atoms with Crippen molar-refractivity contribution >= 4 is 41.4 Å². The molecule has 1 saturated heterocycles. The van der Waals surface area contributed by atoms with E-state index in [2.05, 4.69) is 10.6 Å². The predicted molar refractivity (Wildman–Crippen MR) is 101 cm³/mol. The van der Waals surface area contributed by atoms with Crippen molar-refractivity contribution in [1.82, 2.24) is 15.5 Å². The predicted octanol–water partition coefficient (Wildman–Crippen LogP) is -1.78. The number of rotatable bonds is 11. The van der Waals surface area contributed by atoms with Crippen molar-refractivity contribution in [2.24, 2.45) is 5.73 Å². The highest BCUT2D eigenvalue weighted by atomic mass is 32.2. The Labute approximate surface area is 166 Å². The number of amides is 3. The number of carboxylic acids is 2. The molecule has 1 fully saturated rings. The van der Waals surface area contributed by atoms with Gasteiger partial charge in [0.05, 0.1) is 13.0 Å². The first kappa shape index (κ1) is 23.7. The number of nitrogens with two attached hydrogens (primary N) is 1. The van der Waals surface area contributed by atoms with Crippen LogP contribution < -0.4 is 16.4 Å². The molecule has 158 valence electrons. The zero-order valence-electron chi connectivity index (χ0n) is 15.6. The number of carbonyl (C=O) groups excluding carboxylic acids is 3. The second kappa shape index (κ2) is 11.5. The fourth-order valence-corrected chi connectivity index (χ4v) is 3.36. The highest BCUT2D eigenvalue weighted by molar-refractivity contribution is 7.98. The molecule has 0 aromatic heterocycles. The van der Waals surface area contributed by atoms with Gasteiger partial charge < -0.3 is 31.5 Å². The number of nitrogens with zero attached hydrogens (tertiary/aromatic N) is 1. The summed E-state index contributed by atoms with van der Waals surface area (Å²) in [5, 5.41) is 22.6. The standard InChI is InChI=1S/C16H26N4O7S/c1-28-6-4-9(18-12(21)8-17)15(25)20-5-2-3-11(20)14(24)19-10(16(26)27)7-13(22)23/h9-11H,2-8,17H2,1H3,(H,18,21)(H,19,24)(H,22,23)(H,26,27). The highest BCUT2D eigenvalue weighted by Gasteiger charge is 2.38. The zero-order chi connectivity index (χ0) is 21.3. The van der Waals surface area contributed by atoms with Gasteiger partial charge in [0.2, 0.25) is 17.7 Å². The van der Waals surface area contributed by atoms with Gasteiger partial charge in [0.15, 0.2) is 0 Å². The molecule has 3 unspecified atom stereocenters. The molecule has 0 spiro atoms. The molecular weight excluding hydrogens is 392 g/mol. The average Bonchev–Trinajstić information content (AvgIpc) is 3.13. The molecule has 1 rings (SSSR count). The summed E-state index contributed by atoms with van der Waals surface area (Å²) in [7, 11) is 0. The van der Waals surface area contributed by atoms with Gasteiger partial charge in [0.25, 0.3) is 0 Å². The van der Waals surface area contributed by atoms with Crippen LogP contribution in [0.15, 0.2) is 0 Å². The Morgan fingerprint density at radius 1 is 1.18 bits per heavy atom. The monoisotopic (exact) mass is 418 g/mol. The van der Waals surface area contributed by atoms with Crippen LogP contribution in [0.4, 0.5) is 0 Å². The van der Waals surface area contributed by atoms with E-state index < -0.39 is 54.2 Å². The van der Waals surface area contributed by atoms with E-state index in [0.717, 1.165) is 0 Å². The minimum atomic E-state index is -1.59. The minimum Gasteiger partial charge on any atom is -0.481 e. The second-order valence-corrected chi connectivity index (χ2v) is 7.28. The third-order valence-corrected chi connectivity index (χ3v) is 4.91. The van der Waals surface area contributed by atoms with Crippen molar-refractivity contribution in [3.63, 3.8) is 0 Å². The van der Waals surface area contributed by atoms with Crippen LogP contribution in [0.25, 0.3) is 0 Å². The number of thioether (sulfide) groups is 1. The molecule has 3 atom stereocenters. The Balaban J connectivity index is 2.88. The Hall–Kier alpha value is -2.34. The molecule has 0 radical (unpaired) electrons. The summed E-state index contributed by atoms with van der Waals surface area (Å²) in [6.07, 6.45) is 2.28. The summed E-state index contributed by atoms with van der Waals surface area (Å²) >= 11 is 1.50. The summed E-state index contributed by atoms with van der Waals surface area (Å²) in [4.78, 5) is 60.3. The molecule has 1 heterocycles. The van der Waals surface area contributed by atoms with Crippen molar-refractivity contribution in [2.75, 3.05) is 25.1 Å². The fourth-order valence-electron chi connectivity index (χ4n) is 2.89. The number of aliphatic carboxylic acids is 2. The van der Waals surface area contributed by atoms with Gasteiger partial charge in [0.1, 0.15) is 18.1 Å². The highest BCUT2D eigenvalue weighted by Crippen LogP contribution is 2.20. The van der Waals surface area contributed by atoms with Gasteiger partial charge in [-0.05, 0) is 31.3 Å². The third-order valence-electron chi connectivity index (χ3n) is 4.26. The van der Waals surface area contributed by atoms with E-state index in [1.807, 2.05) is 6.26 Å². The Bertz CT molecular complexity index is 616. The molecule has 6 N–H and O–H groups in total. The number of hydrogen-bond donors (Lipinski definition) is 5. The summed E-state index contributed by atoms with van der Waals surface area (Å²) in [5.74, 6) is -3.90. The van der Waals surface area contributed by atoms with Crippen LogP contribution in [0.5, 0.6) is 0 Å². The molecule has 11 nitrogen and oxygen atoms in total. The molecule has 0 bridgehead atoms.